The van der Waals surface area contributed by atoms with E-state index in [0.29, 0.717) is 50.5 Å². The molecule has 2 N–H and O–H groups in total. The van der Waals surface area contributed by atoms with E-state index >= 15 is 0 Å². The highest BCUT2D eigenvalue weighted by Gasteiger charge is 2.19. The van der Waals surface area contributed by atoms with Gasteiger partial charge in [-0.3, -0.25) is 4.79 Å². The molecule has 1 aliphatic heterocycles. The fourth-order valence-corrected chi connectivity index (χ4v) is 5.09. The summed E-state index contributed by atoms with van der Waals surface area (Å²) in [6, 6.07) is 12.6. The number of anilines is 1. The third-order valence-corrected chi connectivity index (χ3v) is 7.17. The second-order valence-electron chi connectivity index (χ2n) is 8.34. The van der Waals surface area contributed by atoms with E-state index in [-0.39, 0.29) is 10.8 Å². The maximum absolute atomic E-state index is 12.5. The number of carbonyl (C=O) groups excluding carboxylic acids is 1. The molecule has 2 heterocycles. The average molecular weight is 486 g/mol. The number of fused-ring (bicyclic) bond motifs is 2. The van der Waals surface area contributed by atoms with E-state index in [1.807, 2.05) is 18.2 Å². The molecule has 0 aliphatic carbocycles. The number of hydrogen-bond donors (Lipinski definition) is 2. The molecule has 0 unspecified atom stereocenters. The molecule has 34 heavy (non-hydrogen) atoms. The number of ether oxygens (including phenoxy) is 2. The van der Waals surface area contributed by atoms with E-state index in [1.165, 1.54) is 17.6 Å². The van der Waals surface area contributed by atoms with Gasteiger partial charge >= 0.3 is 0 Å². The number of aryl methyl sites for hydroxylation is 1. The number of rotatable bonds is 11. The molecule has 0 spiro atoms. The summed E-state index contributed by atoms with van der Waals surface area (Å²) in [5.41, 5.74) is 1.96. The average Bonchev–Trinajstić information content (AvgIpc) is 3.23. The Hall–Kier alpha value is -3.04. The summed E-state index contributed by atoms with van der Waals surface area (Å²) in [5, 5.41) is 4.06. The number of carbonyl (C=O) groups is 1. The van der Waals surface area contributed by atoms with Crippen molar-refractivity contribution in [2.75, 3.05) is 25.1 Å². The monoisotopic (exact) mass is 485 g/mol. The van der Waals surface area contributed by atoms with Crippen LogP contribution in [0.4, 0.5) is 5.69 Å². The van der Waals surface area contributed by atoms with Gasteiger partial charge in [-0.15, -0.1) is 0 Å². The number of nitrogens with one attached hydrogen (secondary N) is 2. The summed E-state index contributed by atoms with van der Waals surface area (Å²) >= 11 is 0. The summed E-state index contributed by atoms with van der Waals surface area (Å²) in [6.07, 6.45) is 5.62. The van der Waals surface area contributed by atoms with Crippen LogP contribution >= 0.6 is 0 Å². The van der Waals surface area contributed by atoms with Gasteiger partial charge in [0.05, 0.1) is 4.90 Å². The molecule has 4 rings (SSSR count). The molecule has 1 aromatic heterocycles. The molecule has 0 fully saturated rings. The minimum Gasteiger partial charge on any atom is -0.486 e. The first-order chi connectivity index (χ1) is 16.5. The van der Waals surface area contributed by atoms with Crippen LogP contribution in [0.2, 0.25) is 0 Å². The van der Waals surface area contributed by atoms with E-state index in [1.54, 1.807) is 6.07 Å². The minimum atomic E-state index is -3.62. The van der Waals surface area contributed by atoms with Crippen molar-refractivity contribution in [3.05, 3.63) is 48.7 Å². The topological polar surface area (TPSA) is 98.7 Å². The summed E-state index contributed by atoms with van der Waals surface area (Å²) in [6.45, 7) is 4.29. The Morgan fingerprint density at radius 1 is 1.00 bits per heavy atom. The van der Waals surface area contributed by atoms with E-state index in [0.717, 1.165) is 30.5 Å². The normalized spacial score (nSPS) is 13.2. The van der Waals surface area contributed by atoms with Crippen LogP contribution in [0.25, 0.3) is 10.9 Å². The Morgan fingerprint density at radius 3 is 2.65 bits per heavy atom. The van der Waals surface area contributed by atoms with Crippen LogP contribution in [0.3, 0.4) is 0 Å². The van der Waals surface area contributed by atoms with Crippen LogP contribution in [0.1, 0.15) is 39.0 Å². The van der Waals surface area contributed by atoms with Gasteiger partial charge in [-0.05, 0) is 55.7 Å². The molecule has 0 bridgehead atoms. The Kier molecular flexibility index (Phi) is 7.74. The van der Waals surface area contributed by atoms with Crippen LogP contribution in [0, 0.1) is 0 Å². The van der Waals surface area contributed by atoms with Crippen LogP contribution in [0.5, 0.6) is 11.5 Å². The van der Waals surface area contributed by atoms with Crippen LogP contribution in [-0.2, 0) is 21.4 Å². The summed E-state index contributed by atoms with van der Waals surface area (Å²) in [5.74, 6) is 0.959. The van der Waals surface area contributed by atoms with Crippen LogP contribution in [-0.4, -0.2) is 38.7 Å². The molecule has 0 atom stereocenters. The van der Waals surface area contributed by atoms with Gasteiger partial charge in [-0.1, -0.05) is 13.3 Å². The SMILES string of the molecule is CCCn1ccc2cc(NC(=O)CCCCCNS(=O)(=O)c3ccc4c(c3)OCCO4)ccc21. The van der Waals surface area contributed by atoms with Gasteiger partial charge in [0.2, 0.25) is 15.9 Å². The van der Waals surface area contributed by atoms with E-state index in [4.69, 9.17) is 9.47 Å². The third-order valence-electron chi connectivity index (χ3n) is 5.72. The van der Waals surface area contributed by atoms with Crippen molar-refractivity contribution in [3.8, 4) is 11.5 Å². The number of unbranched alkanes of at least 4 members (excludes halogenated alkanes) is 2. The van der Waals surface area contributed by atoms with Crippen molar-refractivity contribution in [1.29, 1.82) is 0 Å². The number of benzene rings is 2. The largest absolute Gasteiger partial charge is 0.486 e. The molecule has 3 aromatic rings. The molecule has 0 saturated heterocycles. The number of amides is 1. The molecule has 1 aliphatic rings. The molecule has 2 aromatic carbocycles. The lowest BCUT2D eigenvalue weighted by Gasteiger charge is -2.18. The van der Waals surface area contributed by atoms with Gasteiger partial charge in [0.15, 0.2) is 11.5 Å². The Morgan fingerprint density at radius 2 is 1.82 bits per heavy atom. The molecular weight excluding hydrogens is 454 g/mol. The van der Waals surface area contributed by atoms with Crippen molar-refractivity contribution in [2.24, 2.45) is 0 Å². The standard InChI is InChI=1S/C25H31N3O5S/c1-2-13-28-14-11-19-17-20(7-9-22(19)28)27-25(29)6-4-3-5-12-26-34(30,31)21-8-10-23-24(18-21)33-16-15-32-23/h7-11,14,17-18,26H,2-6,12-13,15-16H2,1H3,(H,27,29). The highest BCUT2D eigenvalue weighted by molar-refractivity contribution is 7.89. The predicted octanol–water partition coefficient (Wildman–Crippen LogP) is 4.30. The highest BCUT2D eigenvalue weighted by atomic mass is 32.2. The number of sulfonamides is 1. The van der Waals surface area contributed by atoms with Crippen LogP contribution < -0.4 is 19.5 Å². The zero-order valence-corrected chi connectivity index (χ0v) is 20.2. The van der Waals surface area contributed by atoms with Crippen molar-refractivity contribution >= 4 is 32.5 Å². The van der Waals surface area contributed by atoms with Crippen molar-refractivity contribution in [1.82, 2.24) is 9.29 Å². The van der Waals surface area contributed by atoms with Crippen LogP contribution in [0.15, 0.2) is 53.6 Å². The first kappa shape index (κ1) is 24.1. The first-order valence-electron chi connectivity index (χ1n) is 11.7. The zero-order valence-electron chi connectivity index (χ0n) is 19.4. The molecule has 0 saturated carbocycles. The van der Waals surface area contributed by atoms with Gasteiger partial charge in [-0.2, -0.15) is 0 Å². The van der Waals surface area contributed by atoms with Gasteiger partial charge in [0.25, 0.3) is 0 Å². The predicted molar refractivity (Wildman–Crippen MR) is 132 cm³/mol. The van der Waals surface area contributed by atoms with E-state index in [9.17, 15) is 13.2 Å². The fourth-order valence-electron chi connectivity index (χ4n) is 4.01. The third kappa shape index (κ3) is 5.90. The maximum Gasteiger partial charge on any atom is 0.240 e. The molecule has 182 valence electrons. The summed E-state index contributed by atoms with van der Waals surface area (Å²) < 4.78 is 40.7. The molecule has 0 radical (unpaired) electrons. The summed E-state index contributed by atoms with van der Waals surface area (Å²) in [4.78, 5) is 12.5. The van der Waals surface area contributed by atoms with Crippen molar-refractivity contribution < 1.29 is 22.7 Å². The van der Waals surface area contributed by atoms with Gasteiger partial charge < -0.3 is 19.4 Å². The van der Waals surface area contributed by atoms with E-state index < -0.39 is 10.0 Å². The second kappa shape index (κ2) is 10.9. The molecular formula is C25H31N3O5S. The smallest absolute Gasteiger partial charge is 0.240 e. The Labute approximate surface area is 200 Å². The lowest BCUT2D eigenvalue weighted by Crippen LogP contribution is -2.25. The molecule has 1 amide bonds. The van der Waals surface area contributed by atoms with E-state index in [2.05, 4.69) is 33.8 Å². The van der Waals surface area contributed by atoms with Gasteiger partial charge in [0, 0.05) is 48.4 Å². The first-order valence-corrected chi connectivity index (χ1v) is 13.2. The van der Waals surface area contributed by atoms with Crippen molar-refractivity contribution in [2.45, 2.75) is 50.5 Å². The number of hydrogen-bond acceptors (Lipinski definition) is 5. The molecule has 9 heteroatoms. The maximum atomic E-state index is 12.5. The quantitative estimate of drug-likeness (QED) is 0.395. The highest BCUT2D eigenvalue weighted by Crippen LogP contribution is 2.32. The number of nitrogens with zero attached hydrogens (tertiary/aromatic N) is 1. The number of aromatic nitrogens is 1. The lowest BCUT2D eigenvalue weighted by atomic mass is 10.2. The fraction of sp³-hybridized carbons (Fsp3) is 0.400. The van der Waals surface area contributed by atoms with Crippen molar-refractivity contribution in [3.63, 3.8) is 0 Å². The molecule has 8 nitrogen and oxygen atoms in total. The van der Waals surface area contributed by atoms with Gasteiger partial charge in [0.1, 0.15) is 13.2 Å². The summed E-state index contributed by atoms with van der Waals surface area (Å²) in [7, 11) is -3.62. The second-order valence-corrected chi connectivity index (χ2v) is 10.1. The Bertz CT molecular complexity index is 1250. The Balaban J connectivity index is 1.17. The minimum absolute atomic E-state index is 0.0378. The lowest BCUT2D eigenvalue weighted by molar-refractivity contribution is -0.116. The van der Waals surface area contributed by atoms with Gasteiger partial charge in [-0.25, -0.2) is 13.1 Å². The zero-order chi connectivity index (χ0) is 24.0.